The maximum Gasteiger partial charge on any atom is 0.0351 e. The number of nitrogens with zero attached hydrogens (tertiary/aromatic N) is 2. The molecule has 13 heavy (non-hydrogen) atoms. The van der Waals surface area contributed by atoms with Crippen molar-refractivity contribution in [1.82, 2.24) is 9.80 Å². The monoisotopic (exact) mass is 201 g/mol. The Kier molecular flexibility index (Phi) is 3.14. The van der Waals surface area contributed by atoms with Crippen LogP contribution in [0.4, 0.5) is 0 Å². The van der Waals surface area contributed by atoms with Gasteiger partial charge in [-0.3, -0.25) is 4.90 Å². The van der Waals surface area contributed by atoms with Crippen LogP contribution in [0.2, 0.25) is 0 Å². The van der Waals surface area contributed by atoms with Crippen LogP contribution in [0.25, 0.3) is 0 Å². The standard InChI is InChI=1S/C9H19N3S/c1-11-5-8(6-11)12-2-3-13-9(4-10)7-12/h8-9H,2-7,10H2,1H3. The molecule has 0 amide bonds. The van der Waals surface area contributed by atoms with Crippen LogP contribution in [-0.4, -0.2) is 66.6 Å². The fourth-order valence-electron chi connectivity index (χ4n) is 2.11. The molecule has 0 aromatic carbocycles. The van der Waals surface area contributed by atoms with Crippen LogP contribution in [-0.2, 0) is 0 Å². The van der Waals surface area contributed by atoms with Crippen molar-refractivity contribution in [3.05, 3.63) is 0 Å². The minimum absolute atomic E-state index is 0.680. The minimum Gasteiger partial charge on any atom is -0.329 e. The Morgan fingerprint density at radius 1 is 1.38 bits per heavy atom. The molecule has 1 atom stereocenters. The van der Waals surface area contributed by atoms with Crippen LogP contribution in [0.3, 0.4) is 0 Å². The average molecular weight is 201 g/mol. The van der Waals surface area contributed by atoms with Crippen LogP contribution >= 0.6 is 11.8 Å². The first-order chi connectivity index (χ1) is 6.29. The van der Waals surface area contributed by atoms with Gasteiger partial charge < -0.3 is 10.6 Å². The Labute approximate surface area is 84.6 Å². The second-order valence-electron chi connectivity index (χ2n) is 4.10. The van der Waals surface area contributed by atoms with Gasteiger partial charge in [0, 0.05) is 49.8 Å². The summed E-state index contributed by atoms with van der Waals surface area (Å²) in [4.78, 5) is 5.00. The summed E-state index contributed by atoms with van der Waals surface area (Å²) in [7, 11) is 2.19. The number of rotatable bonds is 2. The van der Waals surface area contributed by atoms with E-state index in [2.05, 4.69) is 16.8 Å². The van der Waals surface area contributed by atoms with Crippen molar-refractivity contribution < 1.29 is 0 Å². The van der Waals surface area contributed by atoms with E-state index in [-0.39, 0.29) is 0 Å². The highest BCUT2D eigenvalue weighted by Gasteiger charge is 2.32. The number of hydrogen-bond donors (Lipinski definition) is 1. The van der Waals surface area contributed by atoms with E-state index in [0.29, 0.717) is 5.25 Å². The molecule has 2 heterocycles. The molecule has 2 saturated heterocycles. The molecule has 2 N–H and O–H groups in total. The van der Waals surface area contributed by atoms with Gasteiger partial charge >= 0.3 is 0 Å². The van der Waals surface area contributed by atoms with E-state index in [0.717, 1.165) is 12.6 Å². The zero-order valence-electron chi connectivity index (χ0n) is 8.28. The molecule has 76 valence electrons. The van der Waals surface area contributed by atoms with E-state index in [4.69, 9.17) is 5.73 Å². The van der Waals surface area contributed by atoms with Crippen LogP contribution < -0.4 is 5.73 Å². The van der Waals surface area contributed by atoms with Crippen molar-refractivity contribution in [1.29, 1.82) is 0 Å². The predicted octanol–water partition coefficient (Wildman–Crippen LogP) is -0.323. The first-order valence-electron chi connectivity index (χ1n) is 5.04. The van der Waals surface area contributed by atoms with Gasteiger partial charge in [-0.25, -0.2) is 0 Å². The average Bonchev–Trinajstić information content (AvgIpc) is 2.13. The van der Waals surface area contributed by atoms with Crippen LogP contribution in [0.5, 0.6) is 0 Å². The first kappa shape index (κ1) is 9.77. The number of hydrogen-bond acceptors (Lipinski definition) is 4. The molecule has 1 unspecified atom stereocenters. The van der Waals surface area contributed by atoms with Gasteiger partial charge in [0.05, 0.1) is 0 Å². The Bertz CT molecular complexity index is 170. The molecule has 2 aliphatic rings. The van der Waals surface area contributed by atoms with Gasteiger partial charge in [-0.1, -0.05) is 0 Å². The SMILES string of the molecule is CN1CC(N2CCSC(CN)C2)C1. The Morgan fingerprint density at radius 3 is 2.77 bits per heavy atom. The second kappa shape index (κ2) is 4.17. The van der Waals surface area contributed by atoms with E-state index < -0.39 is 0 Å². The smallest absolute Gasteiger partial charge is 0.0351 e. The summed E-state index contributed by atoms with van der Waals surface area (Å²) in [6, 6.07) is 0.819. The maximum atomic E-state index is 5.69. The predicted molar refractivity (Wildman–Crippen MR) is 58.2 cm³/mol. The summed E-state index contributed by atoms with van der Waals surface area (Å²) >= 11 is 2.04. The maximum absolute atomic E-state index is 5.69. The molecule has 2 rings (SSSR count). The molecule has 2 fully saturated rings. The summed E-state index contributed by atoms with van der Waals surface area (Å²) in [5.41, 5.74) is 5.69. The van der Waals surface area contributed by atoms with Gasteiger partial charge in [0.15, 0.2) is 0 Å². The van der Waals surface area contributed by atoms with E-state index in [9.17, 15) is 0 Å². The minimum atomic E-state index is 0.680. The van der Waals surface area contributed by atoms with Gasteiger partial charge in [-0.2, -0.15) is 11.8 Å². The molecule has 0 aromatic heterocycles. The van der Waals surface area contributed by atoms with Crippen molar-refractivity contribution in [3.63, 3.8) is 0 Å². The lowest BCUT2D eigenvalue weighted by atomic mass is 10.1. The highest BCUT2D eigenvalue weighted by atomic mass is 32.2. The molecule has 2 aliphatic heterocycles. The van der Waals surface area contributed by atoms with Crippen LogP contribution in [0.15, 0.2) is 0 Å². The highest BCUT2D eigenvalue weighted by molar-refractivity contribution is 8.00. The summed E-state index contributed by atoms with van der Waals surface area (Å²) in [6.45, 7) is 5.81. The van der Waals surface area contributed by atoms with E-state index in [1.54, 1.807) is 0 Å². The van der Waals surface area contributed by atoms with Crippen molar-refractivity contribution in [3.8, 4) is 0 Å². The third-order valence-electron chi connectivity index (χ3n) is 2.99. The second-order valence-corrected chi connectivity index (χ2v) is 5.51. The normalized spacial score (nSPS) is 33.2. The molecular weight excluding hydrogens is 182 g/mol. The Morgan fingerprint density at radius 2 is 2.15 bits per heavy atom. The van der Waals surface area contributed by atoms with Gasteiger partial charge in [0.2, 0.25) is 0 Å². The summed E-state index contributed by atoms with van der Waals surface area (Å²) in [5, 5.41) is 0.680. The molecule has 0 radical (unpaired) electrons. The van der Waals surface area contributed by atoms with E-state index in [1.807, 2.05) is 11.8 Å². The molecule has 0 aliphatic carbocycles. The molecule has 3 nitrogen and oxygen atoms in total. The van der Waals surface area contributed by atoms with Crippen molar-refractivity contribution in [2.45, 2.75) is 11.3 Å². The quantitative estimate of drug-likeness (QED) is 0.663. The van der Waals surface area contributed by atoms with Crippen molar-refractivity contribution in [2.24, 2.45) is 5.73 Å². The first-order valence-corrected chi connectivity index (χ1v) is 6.08. The zero-order valence-corrected chi connectivity index (χ0v) is 9.09. The topological polar surface area (TPSA) is 32.5 Å². The fraction of sp³-hybridized carbons (Fsp3) is 1.00. The molecule has 4 heteroatoms. The number of nitrogens with two attached hydrogens (primary N) is 1. The van der Waals surface area contributed by atoms with E-state index >= 15 is 0 Å². The Hall–Kier alpha value is 0.230. The molecule has 0 bridgehead atoms. The lowest BCUT2D eigenvalue weighted by Crippen LogP contribution is -2.60. The lowest BCUT2D eigenvalue weighted by Gasteiger charge is -2.46. The third kappa shape index (κ3) is 2.18. The third-order valence-corrected chi connectivity index (χ3v) is 4.23. The largest absolute Gasteiger partial charge is 0.329 e. The van der Waals surface area contributed by atoms with Crippen LogP contribution in [0, 0.1) is 0 Å². The molecule has 0 spiro atoms. The molecule has 0 saturated carbocycles. The summed E-state index contributed by atoms with van der Waals surface area (Å²) in [6.07, 6.45) is 0. The van der Waals surface area contributed by atoms with Gasteiger partial charge in [0.25, 0.3) is 0 Å². The fourth-order valence-corrected chi connectivity index (χ4v) is 3.22. The summed E-state index contributed by atoms with van der Waals surface area (Å²) in [5.74, 6) is 1.27. The van der Waals surface area contributed by atoms with Crippen molar-refractivity contribution in [2.75, 3.05) is 45.5 Å². The number of likely N-dealkylation sites (N-methyl/N-ethyl adjacent to an activating group) is 1. The molecule has 0 aromatic rings. The summed E-state index contributed by atoms with van der Waals surface area (Å²) < 4.78 is 0. The van der Waals surface area contributed by atoms with Gasteiger partial charge in [0.1, 0.15) is 0 Å². The van der Waals surface area contributed by atoms with E-state index in [1.165, 1.54) is 31.9 Å². The molecular formula is C9H19N3S. The lowest BCUT2D eigenvalue weighted by molar-refractivity contribution is 0.0552. The number of thioether (sulfide) groups is 1. The zero-order chi connectivity index (χ0) is 9.26. The highest BCUT2D eigenvalue weighted by Crippen LogP contribution is 2.22. The van der Waals surface area contributed by atoms with Gasteiger partial charge in [-0.05, 0) is 7.05 Å². The van der Waals surface area contributed by atoms with Crippen LogP contribution in [0.1, 0.15) is 0 Å². The number of likely N-dealkylation sites (tertiary alicyclic amines) is 1. The Balaban J connectivity index is 1.79. The van der Waals surface area contributed by atoms with Crippen molar-refractivity contribution >= 4 is 11.8 Å². The van der Waals surface area contributed by atoms with Gasteiger partial charge in [-0.15, -0.1) is 0 Å².